The number of hydrogen-bond donors (Lipinski definition) is 2. The fourth-order valence-electron chi connectivity index (χ4n) is 1.48. The average molecular weight is 239 g/mol. The summed E-state index contributed by atoms with van der Waals surface area (Å²) in [5, 5.41) is 15.0. The Morgan fingerprint density at radius 2 is 1.89 bits per heavy atom. The van der Waals surface area contributed by atoms with Crippen LogP contribution in [0.5, 0.6) is 0 Å². The summed E-state index contributed by atoms with van der Waals surface area (Å²) in [4.78, 5) is 8.23. The Bertz CT molecular complexity index is 556. The van der Waals surface area contributed by atoms with Crippen molar-refractivity contribution < 1.29 is 0 Å². The standard InChI is InChI=1S/C13H13N5/c1-2-15-12-7-13(17-9-16-12)18-11-5-3-10(8-14)4-6-11/h3-7,9H,2H2,1H3,(H2,15,16,17,18). The smallest absolute Gasteiger partial charge is 0.135 e. The molecule has 0 unspecified atom stereocenters. The van der Waals surface area contributed by atoms with Crippen LogP contribution in [-0.2, 0) is 0 Å². The van der Waals surface area contributed by atoms with Crippen LogP contribution in [-0.4, -0.2) is 16.5 Å². The summed E-state index contributed by atoms with van der Waals surface area (Å²) in [6.45, 7) is 2.82. The topological polar surface area (TPSA) is 73.6 Å². The molecular formula is C13H13N5. The number of nitrogens with zero attached hydrogens (tertiary/aromatic N) is 3. The highest BCUT2D eigenvalue weighted by molar-refractivity contribution is 5.59. The summed E-state index contributed by atoms with van der Waals surface area (Å²) >= 11 is 0. The molecule has 0 radical (unpaired) electrons. The summed E-state index contributed by atoms with van der Waals surface area (Å²) in [6.07, 6.45) is 1.50. The number of nitrogens with one attached hydrogen (secondary N) is 2. The summed E-state index contributed by atoms with van der Waals surface area (Å²) in [6, 6.07) is 11.1. The molecule has 1 heterocycles. The second kappa shape index (κ2) is 5.64. The number of hydrogen-bond acceptors (Lipinski definition) is 5. The molecule has 5 heteroatoms. The van der Waals surface area contributed by atoms with Crippen molar-refractivity contribution in [3.05, 3.63) is 42.2 Å². The van der Waals surface area contributed by atoms with Gasteiger partial charge in [0.15, 0.2) is 0 Å². The van der Waals surface area contributed by atoms with Gasteiger partial charge in [-0.2, -0.15) is 5.26 Å². The zero-order chi connectivity index (χ0) is 12.8. The lowest BCUT2D eigenvalue weighted by Gasteiger charge is -2.07. The van der Waals surface area contributed by atoms with E-state index >= 15 is 0 Å². The highest BCUT2D eigenvalue weighted by atomic mass is 15.1. The molecule has 2 rings (SSSR count). The van der Waals surface area contributed by atoms with Gasteiger partial charge in [0.2, 0.25) is 0 Å². The number of benzene rings is 1. The van der Waals surface area contributed by atoms with Crippen LogP contribution in [0.3, 0.4) is 0 Å². The second-order valence-electron chi connectivity index (χ2n) is 3.63. The molecule has 0 aliphatic carbocycles. The van der Waals surface area contributed by atoms with Gasteiger partial charge >= 0.3 is 0 Å². The first-order valence-corrected chi connectivity index (χ1v) is 5.65. The normalized spacial score (nSPS) is 9.56. The molecule has 0 saturated carbocycles. The SMILES string of the molecule is CCNc1cc(Nc2ccc(C#N)cc2)ncn1. The molecule has 1 aromatic heterocycles. The third-order valence-electron chi connectivity index (χ3n) is 2.31. The predicted molar refractivity (Wildman–Crippen MR) is 70.6 cm³/mol. The van der Waals surface area contributed by atoms with E-state index < -0.39 is 0 Å². The van der Waals surface area contributed by atoms with E-state index in [1.165, 1.54) is 6.33 Å². The van der Waals surface area contributed by atoms with Crippen molar-refractivity contribution in [2.24, 2.45) is 0 Å². The van der Waals surface area contributed by atoms with Crippen LogP contribution in [0.2, 0.25) is 0 Å². The fourth-order valence-corrected chi connectivity index (χ4v) is 1.48. The van der Waals surface area contributed by atoms with Gasteiger partial charge in [-0.1, -0.05) is 0 Å². The van der Waals surface area contributed by atoms with Crippen LogP contribution >= 0.6 is 0 Å². The van der Waals surface area contributed by atoms with Crippen molar-refractivity contribution >= 4 is 17.3 Å². The Labute approximate surface area is 106 Å². The Morgan fingerprint density at radius 3 is 2.56 bits per heavy atom. The number of nitriles is 1. The summed E-state index contributed by atoms with van der Waals surface area (Å²) < 4.78 is 0. The van der Waals surface area contributed by atoms with E-state index in [0.717, 1.165) is 18.1 Å². The lowest BCUT2D eigenvalue weighted by Crippen LogP contribution is -2.01. The first kappa shape index (κ1) is 11.9. The molecule has 0 bridgehead atoms. The maximum Gasteiger partial charge on any atom is 0.135 e. The van der Waals surface area contributed by atoms with Gasteiger partial charge < -0.3 is 10.6 Å². The lowest BCUT2D eigenvalue weighted by molar-refractivity contribution is 1.11. The van der Waals surface area contributed by atoms with Crippen LogP contribution in [0.15, 0.2) is 36.7 Å². The van der Waals surface area contributed by atoms with Crippen molar-refractivity contribution in [2.75, 3.05) is 17.2 Å². The molecule has 90 valence electrons. The van der Waals surface area contributed by atoms with Crippen molar-refractivity contribution in [1.82, 2.24) is 9.97 Å². The van der Waals surface area contributed by atoms with Crippen LogP contribution in [0.1, 0.15) is 12.5 Å². The molecule has 0 aliphatic heterocycles. The molecule has 0 atom stereocenters. The molecule has 0 spiro atoms. The van der Waals surface area contributed by atoms with Crippen molar-refractivity contribution in [1.29, 1.82) is 5.26 Å². The van der Waals surface area contributed by atoms with Gasteiger partial charge in [-0.25, -0.2) is 9.97 Å². The summed E-state index contributed by atoms with van der Waals surface area (Å²) in [5.41, 5.74) is 1.52. The van der Waals surface area contributed by atoms with Crippen molar-refractivity contribution in [3.8, 4) is 6.07 Å². The molecule has 0 fully saturated rings. The maximum absolute atomic E-state index is 8.71. The molecule has 0 saturated heterocycles. The summed E-state index contributed by atoms with van der Waals surface area (Å²) in [5.74, 6) is 1.49. The Morgan fingerprint density at radius 1 is 1.17 bits per heavy atom. The quantitative estimate of drug-likeness (QED) is 0.857. The highest BCUT2D eigenvalue weighted by Gasteiger charge is 1.99. The third-order valence-corrected chi connectivity index (χ3v) is 2.31. The maximum atomic E-state index is 8.71. The molecule has 0 aliphatic rings. The number of rotatable bonds is 4. The zero-order valence-corrected chi connectivity index (χ0v) is 10.0. The molecule has 2 aromatic rings. The van der Waals surface area contributed by atoms with Gasteiger partial charge in [0.25, 0.3) is 0 Å². The number of anilines is 3. The first-order valence-electron chi connectivity index (χ1n) is 5.65. The van der Waals surface area contributed by atoms with Gasteiger partial charge in [-0.3, -0.25) is 0 Å². The molecule has 2 N–H and O–H groups in total. The third kappa shape index (κ3) is 2.95. The minimum absolute atomic E-state index is 0.636. The second-order valence-corrected chi connectivity index (χ2v) is 3.63. The summed E-state index contributed by atoms with van der Waals surface area (Å²) in [7, 11) is 0. The van der Waals surface area contributed by atoms with Crippen LogP contribution in [0, 0.1) is 11.3 Å². The monoisotopic (exact) mass is 239 g/mol. The Balaban J connectivity index is 2.12. The molecular weight excluding hydrogens is 226 g/mol. The van der Waals surface area contributed by atoms with Crippen LogP contribution in [0.4, 0.5) is 17.3 Å². The molecule has 5 nitrogen and oxygen atoms in total. The predicted octanol–water partition coefficient (Wildman–Crippen LogP) is 2.52. The Hall–Kier alpha value is -2.61. The van der Waals surface area contributed by atoms with Gasteiger partial charge in [0, 0.05) is 18.3 Å². The number of aromatic nitrogens is 2. The van der Waals surface area contributed by atoms with E-state index in [1.807, 2.05) is 25.1 Å². The van der Waals surface area contributed by atoms with Gasteiger partial charge in [0.1, 0.15) is 18.0 Å². The van der Waals surface area contributed by atoms with E-state index in [9.17, 15) is 0 Å². The first-order chi connectivity index (χ1) is 8.81. The van der Waals surface area contributed by atoms with Crippen LogP contribution in [0.25, 0.3) is 0 Å². The minimum Gasteiger partial charge on any atom is -0.370 e. The highest BCUT2D eigenvalue weighted by Crippen LogP contribution is 2.16. The van der Waals surface area contributed by atoms with E-state index in [2.05, 4.69) is 26.7 Å². The van der Waals surface area contributed by atoms with Crippen molar-refractivity contribution in [2.45, 2.75) is 6.92 Å². The molecule has 1 aromatic carbocycles. The van der Waals surface area contributed by atoms with E-state index in [4.69, 9.17) is 5.26 Å². The zero-order valence-electron chi connectivity index (χ0n) is 10.0. The van der Waals surface area contributed by atoms with Gasteiger partial charge in [-0.05, 0) is 31.2 Å². The molecule has 0 amide bonds. The molecule has 18 heavy (non-hydrogen) atoms. The van der Waals surface area contributed by atoms with Crippen LogP contribution < -0.4 is 10.6 Å². The largest absolute Gasteiger partial charge is 0.370 e. The van der Waals surface area contributed by atoms with E-state index in [-0.39, 0.29) is 0 Å². The fraction of sp³-hybridized carbons (Fsp3) is 0.154. The van der Waals surface area contributed by atoms with Crippen molar-refractivity contribution in [3.63, 3.8) is 0 Å². The van der Waals surface area contributed by atoms with Gasteiger partial charge in [0.05, 0.1) is 11.6 Å². The van der Waals surface area contributed by atoms with Gasteiger partial charge in [-0.15, -0.1) is 0 Å². The van der Waals surface area contributed by atoms with E-state index in [1.54, 1.807) is 12.1 Å². The average Bonchev–Trinajstić information content (AvgIpc) is 2.40. The lowest BCUT2D eigenvalue weighted by atomic mass is 10.2. The van der Waals surface area contributed by atoms with E-state index in [0.29, 0.717) is 11.4 Å². The minimum atomic E-state index is 0.636. The Kier molecular flexibility index (Phi) is 3.72.